The molecule has 6 heterocycles. The molecular weight excluding hydrogens is 932 g/mol. The van der Waals surface area contributed by atoms with Crippen LogP contribution in [-0.4, -0.2) is 102 Å². The van der Waals surface area contributed by atoms with Crippen LogP contribution in [0.15, 0.2) is 30.3 Å². The summed E-state index contributed by atoms with van der Waals surface area (Å²) >= 11 is 1.32. The summed E-state index contributed by atoms with van der Waals surface area (Å²) in [6.45, 7) is 3.29. The van der Waals surface area contributed by atoms with Crippen molar-refractivity contribution in [3.63, 3.8) is 0 Å². The standard InChI is InChI=1S/C38H38N4O10S.Ac/c1-16-10-18-11-22-23(12-39)42-24-13-50-38(47)21(40-36(45)19-8-6-7-9-20(19)37(46)49-5)14-53-35(27-26(24)34-33(51-15-52-34)17(2)30(27)43)29(42)28(41(22)3)25(18)31(44)32(16)48-4;/h6-10,21-24,28-29,35,43-44H,11,13-15H2,1-5H3,(H,40,45);/t21-,22-,23-,24-,28+,29?,35+;/m0./s1. The number of hydrogen-bond acceptors (Lipinski definition) is 14. The first kappa shape index (κ1) is 38.5. The number of thioether (sulfide) groups is 1. The zero-order chi connectivity index (χ0) is 37.5. The Morgan fingerprint density at radius 2 is 1.76 bits per heavy atom. The minimum absolute atomic E-state index is 0. The van der Waals surface area contributed by atoms with Gasteiger partial charge in [-0.2, -0.15) is 5.26 Å². The zero-order valence-electron chi connectivity index (χ0n) is 30.2. The monoisotopic (exact) mass is 969 g/mol. The Morgan fingerprint density at radius 1 is 1.04 bits per heavy atom. The first-order chi connectivity index (χ1) is 25.5. The Labute approximate surface area is 351 Å². The molecule has 6 aliphatic rings. The number of aromatic hydroxyl groups is 2. The van der Waals surface area contributed by atoms with Crippen LogP contribution in [0, 0.1) is 69.2 Å². The first-order valence-electron chi connectivity index (χ1n) is 17.2. The molecule has 14 nitrogen and oxygen atoms in total. The number of nitrogens with one attached hydrogen (secondary N) is 1. The number of esters is 2. The minimum Gasteiger partial charge on any atom is -0.507 e. The van der Waals surface area contributed by atoms with Gasteiger partial charge in [-0.3, -0.25) is 14.6 Å². The number of methoxy groups -OCH3 is 2. The van der Waals surface area contributed by atoms with E-state index in [1.807, 2.05) is 20.0 Å². The molecule has 6 aliphatic heterocycles. The normalized spacial score (nSPS) is 26.5. The van der Waals surface area contributed by atoms with Crippen molar-refractivity contribution in [1.82, 2.24) is 15.1 Å². The van der Waals surface area contributed by atoms with Gasteiger partial charge in [0.1, 0.15) is 24.4 Å². The fourth-order valence-corrected chi connectivity index (χ4v) is 10.5. The molecule has 54 heavy (non-hydrogen) atoms. The molecule has 2 saturated heterocycles. The fourth-order valence-electron chi connectivity index (χ4n) is 9.01. The molecule has 279 valence electrons. The van der Waals surface area contributed by atoms with Gasteiger partial charge in [-0.1, -0.05) is 18.2 Å². The average molecular weight is 970 g/mol. The van der Waals surface area contributed by atoms with Crippen molar-refractivity contribution in [2.24, 2.45) is 0 Å². The van der Waals surface area contributed by atoms with Crippen molar-refractivity contribution in [1.29, 1.82) is 5.26 Å². The number of amides is 1. The van der Waals surface area contributed by atoms with Crippen LogP contribution in [0.25, 0.3) is 0 Å². The summed E-state index contributed by atoms with van der Waals surface area (Å²) in [4.78, 5) is 44.3. The van der Waals surface area contributed by atoms with Crippen LogP contribution in [0.2, 0.25) is 0 Å². The quantitative estimate of drug-likeness (QED) is 0.323. The second-order valence-corrected chi connectivity index (χ2v) is 15.0. The van der Waals surface area contributed by atoms with Gasteiger partial charge < -0.3 is 39.2 Å². The molecule has 0 aromatic heterocycles. The molecule has 4 bridgehead atoms. The molecule has 3 aromatic carbocycles. The predicted molar refractivity (Wildman–Crippen MR) is 189 cm³/mol. The number of benzene rings is 3. The van der Waals surface area contributed by atoms with Gasteiger partial charge in [-0.15, -0.1) is 11.8 Å². The summed E-state index contributed by atoms with van der Waals surface area (Å²) < 4.78 is 28.5. The van der Waals surface area contributed by atoms with Crippen molar-refractivity contribution in [3.05, 3.63) is 74.8 Å². The Kier molecular flexibility index (Phi) is 10.5. The van der Waals surface area contributed by atoms with Crippen molar-refractivity contribution in [2.45, 2.75) is 61.8 Å². The molecule has 1 radical (unpaired) electrons. The number of nitriles is 1. The van der Waals surface area contributed by atoms with Crippen molar-refractivity contribution >= 4 is 29.6 Å². The number of hydrogen-bond donors (Lipinski definition) is 3. The topological polar surface area (TPSA) is 180 Å². The van der Waals surface area contributed by atoms with E-state index in [0.717, 1.165) is 11.1 Å². The van der Waals surface area contributed by atoms with E-state index in [0.29, 0.717) is 45.9 Å². The SMILES string of the molecule is COC(=O)c1ccccc1C(=O)N[C@H]1CS[C@@H]2c3c(O)c(C)c4c(c3[C@H](COC1=O)N1C2[C@H]2c3c(cc(C)c(OC)c3O)C[C@@H]([C@@H]1C#N)N2C)OCO4.[Ac]. The number of nitrogens with zero attached hydrogens (tertiary/aromatic N) is 3. The van der Waals surface area contributed by atoms with Crippen LogP contribution in [0.4, 0.5) is 0 Å². The van der Waals surface area contributed by atoms with E-state index in [9.17, 15) is 29.9 Å². The Morgan fingerprint density at radius 3 is 2.46 bits per heavy atom. The van der Waals surface area contributed by atoms with Crippen LogP contribution in [0.1, 0.15) is 71.4 Å². The van der Waals surface area contributed by atoms with E-state index in [2.05, 4.69) is 21.2 Å². The Balaban J connectivity index is 0.00000450. The molecule has 0 spiro atoms. The number of carbonyl (C=O) groups is 3. The van der Waals surface area contributed by atoms with E-state index in [4.69, 9.17) is 23.7 Å². The van der Waals surface area contributed by atoms with Gasteiger partial charge in [0.2, 0.25) is 6.79 Å². The van der Waals surface area contributed by atoms with E-state index < -0.39 is 53.3 Å². The molecule has 2 fully saturated rings. The number of aryl methyl sites for hydroxylation is 1. The van der Waals surface area contributed by atoms with Crippen molar-refractivity contribution in [3.8, 4) is 34.8 Å². The van der Waals surface area contributed by atoms with Gasteiger partial charge in [-0.25, -0.2) is 9.59 Å². The summed E-state index contributed by atoms with van der Waals surface area (Å²) in [7, 11) is 4.67. The zero-order valence-corrected chi connectivity index (χ0v) is 35.8. The summed E-state index contributed by atoms with van der Waals surface area (Å²) in [6, 6.07) is 6.69. The molecule has 16 heteroatoms. The first-order valence-corrected chi connectivity index (χ1v) is 18.3. The Bertz CT molecular complexity index is 2130. The molecule has 3 aromatic rings. The van der Waals surface area contributed by atoms with Gasteiger partial charge >= 0.3 is 11.9 Å². The molecule has 0 saturated carbocycles. The third kappa shape index (κ3) is 5.72. The Hall–Kier alpha value is -3.73. The van der Waals surface area contributed by atoms with Crippen LogP contribution < -0.4 is 19.5 Å². The number of carbonyl (C=O) groups excluding carboxylic acids is 3. The number of ether oxygens (including phenoxy) is 5. The predicted octanol–water partition coefficient (Wildman–Crippen LogP) is 3.60. The summed E-state index contributed by atoms with van der Waals surface area (Å²) in [5.74, 6) is -0.917. The molecule has 3 N–H and O–H groups in total. The average Bonchev–Trinajstić information content (AvgIpc) is 3.65. The maximum absolute atomic E-state index is 13.9. The third-order valence-corrected chi connectivity index (χ3v) is 12.7. The van der Waals surface area contributed by atoms with Crippen LogP contribution in [0.3, 0.4) is 0 Å². The maximum Gasteiger partial charge on any atom is 0.338 e. The van der Waals surface area contributed by atoms with E-state index in [-0.39, 0.29) is 91.9 Å². The second-order valence-electron chi connectivity index (χ2n) is 13.9. The van der Waals surface area contributed by atoms with Crippen molar-refractivity contribution in [2.75, 3.05) is 40.4 Å². The molecule has 1 amide bonds. The number of rotatable bonds is 4. The van der Waals surface area contributed by atoms with Crippen LogP contribution in [-0.2, 0) is 20.7 Å². The molecule has 0 aliphatic carbocycles. The van der Waals surface area contributed by atoms with Gasteiger partial charge in [0, 0.05) is 84.2 Å². The van der Waals surface area contributed by atoms with Gasteiger partial charge in [0.25, 0.3) is 5.91 Å². The number of likely N-dealkylation sites (N-methyl/N-ethyl adjacent to an activating group) is 1. The van der Waals surface area contributed by atoms with Crippen LogP contribution >= 0.6 is 11.8 Å². The number of phenolic OH excluding ortho intramolecular Hbond substituents is 2. The van der Waals surface area contributed by atoms with Gasteiger partial charge in [0.05, 0.1) is 48.7 Å². The minimum atomic E-state index is -1.16. The van der Waals surface area contributed by atoms with Gasteiger partial charge in [0.15, 0.2) is 23.0 Å². The number of phenols is 2. The summed E-state index contributed by atoms with van der Waals surface area (Å²) in [6.07, 6.45) is 0.470. The third-order valence-electron chi connectivity index (χ3n) is 11.3. The number of fused-ring (bicyclic) bond motifs is 10. The summed E-state index contributed by atoms with van der Waals surface area (Å²) in [5.41, 5.74) is 4.02. The smallest absolute Gasteiger partial charge is 0.338 e. The molecule has 7 atom stereocenters. The largest absolute Gasteiger partial charge is 0.507 e. The fraction of sp³-hybridized carbons (Fsp3) is 0.421. The van der Waals surface area contributed by atoms with Crippen LogP contribution in [0.5, 0.6) is 28.7 Å². The molecular formula is C38H38AcN4O10S. The second kappa shape index (κ2) is 14.7. The van der Waals surface area contributed by atoms with E-state index >= 15 is 0 Å². The van der Waals surface area contributed by atoms with Gasteiger partial charge in [-0.05, 0) is 50.6 Å². The number of piperazine rings is 1. The van der Waals surface area contributed by atoms with E-state index in [1.165, 1.54) is 38.1 Å². The molecule has 9 rings (SSSR count). The summed E-state index contributed by atoms with van der Waals surface area (Å²) in [5, 5.41) is 37.0. The van der Waals surface area contributed by atoms with E-state index in [1.54, 1.807) is 19.1 Å². The van der Waals surface area contributed by atoms with Crippen molar-refractivity contribution < 1.29 is 92.3 Å². The maximum atomic E-state index is 13.9. The molecule has 1 unspecified atom stereocenters.